The standard InChI is InChI=1S/C42H50O16/c1-49-29-11-21(7-9-27(29)45)37(47)35(17-43)57-41-31(51-3)13-23(14-32(41)52-4)39-25-19-56-40(26(25)20-55-39)24-15-33(53-5)42(34(16-24)54-6)58-36(18-44)38(48)22-8-10-28(46)30(12-22)50-2/h7-16,25-26,35-40,43-48H,17-20H2,1-6H3/t25-,26-,35-,36-,37+,38+,39+,40+/m1/s1. The van der Waals surface area contributed by atoms with Gasteiger partial charge in [-0.25, -0.2) is 0 Å². The Morgan fingerprint density at radius 2 is 0.845 bits per heavy atom. The van der Waals surface area contributed by atoms with E-state index in [2.05, 4.69) is 0 Å². The van der Waals surface area contributed by atoms with Gasteiger partial charge in [-0.15, -0.1) is 0 Å². The first-order valence-electron chi connectivity index (χ1n) is 18.4. The molecule has 0 spiro atoms. The van der Waals surface area contributed by atoms with Gasteiger partial charge in [0.2, 0.25) is 11.5 Å². The zero-order chi connectivity index (χ0) is 41.7. The molecule has 6 rings (SSSR count). The van der Waals surface area contributed by atoms with E-state index in [-0.39, 0.29) is 69.3 Å². The van der Waals surface area contributed by atoms with Gasteiger partial charge in [-0.05, 0) is 70.8 Å². The summed E-state index contributed by atoms with van der Waals surface area (Å²) in [6.45, 7) is -0.408. The van der Waals surface area contributed by atoms with E-state index in [1.807, 2.05) is 0 Å². The molecular weight excluding hydrogens is 760 g/mol. The van der Waals surface area contributed by atoms with E-state index in [9.17, 15) is 30.6 Å². The molecule has 8 atom stereocenters. The summed E-state index contributed by atoms with van der Waals surface area (Å²) in [6.07, 6.45) is -5.76. The van der Waals surface area contributed by atoms with Gasteiger partial charge in [0.15, 0.2) is 58.2 Å². The number of aliphatic hydroxyl groups excluding tert-OH is 4. The zero-order valence-electron chi connectivity index (χ0n) is 33.0. The molecule has 0 radical (unpaired) electrons. The van der Waals surface area contributed by atoms with Crippen LogP contribution in [0.5, 0.6) is 57.5 Å². The van der Waals surface area contributed by atoms with Gasteiger partial charge in [0.1, 0.15) is 12.2 Å². The first-order valence-corrected chi connectivity index (χ1v) is 18.4. The van der Waals surface area contributed by atoms with Crippen molar-refractivity contribution in [3.63, 3.8) is 0 Å². The molecule has 2 saturated heterocycles. The van der Waals surface area contributed by atoms with E-state index >= 15 is 0 Å². The van der Waals surface area contributed by atoms with E-state index in [1.165, 1.54) is 79.1 Å². The number of benzene rings is 4. The average molecular weight is 811 g/mol. The van der Waals surface area contributed by atoms with Crippen LogP contribution in [0, 0.1) is 11.8 Å². The van der Waals surface area contributed by atoms with Gasteiger partial charge >= 0.3 is 0 Å². The maximum Gasteiger partial charge on any atom is 0.204 e. The molecule has 16 nitrogen and oxygen atoms in total. The summed E-state index contributed by atoms with van der Waals surface area (Å²) < 4.78 is 58.4. The highest BCUT2D eigenvalue weighted by Gasteiger charge is 2.49. The molecule has 2 aliphatic heterocycles. The van der Waals surface area contributed by atoms with Crippen molar-refractivity contribution in [1.82, 2.24) is 0 Å². The van der Waals surface area contributed by atoms with E-state index in [0.29, 0.717) is 24.3 Å². The molecule has 2 heterocycles. The monoisotopic (exact) mass is 810 g/mol. The molecule has 4 aromatic carbocycles. The summed E-state index contributed by atoms with van der Waals surface area (Å²) in [5, 5.41) is 62.8. The Labute approximate surface area is 335 Å². The minimum Gasteiger partial charge on any atom is -0.504 e. The number of ether oxygens (including phenoxy) is 10. The van der Waals surface area contributed by atoms with Crippen LogP contribution in [0.15, 0.2) is 60.7 Å². The molecular formula is C42H50O16. The van der Waals surface area contributed by atoms with Crippen LogP contribution in [-0.2, 0) is 9.47 Å². The summed E-state index contributed by atoms with van der Waals surface area (Å²) in [4.78, 5) is 0. The molecule has 4 aromatic rings. The van der Waals surface area contributed by atoms with Gasteiger partial charge in [-0.3, -0.25) is 0 Å². The first-order chi connectivity index (χ1) is 28.0. The van der Waals surface area contributed by atoms with Crippen molar-refractivity contribution >= 4 is 0 Å². The third kappa shape index (κ3) is 8.30. The van der Waals surface area contributed by atoms with Crippen molar-refractivity contribution in [3.8, 4) is 57.5 Å². The Kier molecular flexibility index (Phi) is 13.5. The highest BCUT2D eigenvalue weighted by Crippen LogP contribution is 2.54. The maximum atomic E-state index is 11.2. The van der Waals surface area contributed by atoms with Crippen LogP contribution in [0.4, 0.5) is 0 Å². The molecule has 0 aromatic heterocycles. The number of phenolic OH excluding ortho intramolecular Hbond substituents is 2. The maximum absolute atomic E-state index is 11.2. The lowest BCUT2D eigenvalue weighted by Gasteiger charge is -2.26. The van der Waals surface area contributed by atoms with Crippen LogP contribution in [0.2, 0.25) is 0 Å². The van der Waals surface area contributed by atoms with Gasteiger partial charge in [-0.1, -0.05) is 12.1 Å². The van der Waals surface area contributed by atoms with Crippen LogP contribution in [0.3, 0.4) is 0 Å². The van der Waals surface area contributed by atoms with Crippen LogP contribution >= 0.6 is 0 Å². The van der Waals surface area contributed by atoms with Crippen molar-refractivity contribution < 1.29 is 78.0 Å². The molecule has 16 heteroatoms. The Bertz CT molecular complexity index is 1830. The number of phenols is 2. The van der Waals surface area contributed by atoms with Crippen LogP contribution in [0.1, 0.15) is 46.7 Å². The Hall–Kier alpha value is -5.36. The van der Waals surface area contributed by atoms with E-state index in [4.69, 9.17) is 47.4 Å². The van der Waals surface area contributed by atoms with Gasteiger partial charge in [0.05, 0.1) is 81.3 Å². The number of aliphatic hydroxyl groups is 4. The Balaban J connectivity index is 1.22. The first kappa shape index (κ1) is 42.3. The van der Waals surface area contributed by atoms with Gasteiger partial charge in [0.25, 0.3) is 0 Å². The molecule has 6 N–H and O–H groups in total. The molecule has 314 valence electrons. The summed E-state index contributed by atoms with van der Waals surface area (Å²) in [6, 6.07) is 15.7. The predicted octanol–water partition coefficient (Wildman–Crippen LogP) is 4.17. The van der Waals surface area contributed by atoms with E-state index in [0.717, 1.165) is 11.1 Å². The summed E-state index contributed by atoms with van der Waals surface area (Å²) in [5.41, 5.74) is 2.17. The molecule has 0 amide bonds. The molecule has 2 fully saturated rings. The molecule has 0 bridgehead atoms. The van der Waals surface area contributed by atoms with Crippen molar-refractivity contribution in [2.24, 2.45) is 11.8 Å². The second-order valence-corrected chi connectivity index (χ2v) is 13.8. The number of aromatic hydroxyl groups is 2. The second-order valence-electron chi connectivity index (χ2n) is 13.8. The third-order valence-electron chi connectivity index (χ3n) is 10.6. The van der Waals surface area contributed by atoms with Crippen LogP contribution in [-0.4, -0.2) is 112 Å². The predicted molar refractivity (Wildman–Crippen MR) is 206 cm³/mol. The average Bonchev–Trinajstić information content (AvgIpc) is 3.87. The fraction of sp³-hybridized carbons (Fsp3) is 0.429. The Morgan fingerprint density at radius 1 is 0.517 bits per heavy atom. The highest BCUT2D eigenvalue weighted by atomic mass is 16.6. The second kappa shape index (κ2) is 18.5. The van der Waals surface area contributed by atoms with Gasteiger partial charge in [-0.2, -0.15) is 0 Å². The highest BCUT2D eigenvalue weighted by molar-refractivity contribution is 5.56. The number of rotatable bonds is 18. The lowest BCUT2D eigenvalue weighted by atomic mass is 9.84. The van der Waals surface area contributed by atoms with Gasteiger partial charge in [0, 0.05) is 11.8 Å². The fourth-order valence-electron chi connectivity index (χ4n) is 7.49. The summed E-state index contributed by atoms with van der Waals surface area (Å²) in [5.74, 6) is 1.38. The molecule has 0 unspecified atom stereocenters. The number of hydrogen-bond donors (Lipinski definition) is 6. The number of fused-ring (bicyclic) bond motifs is 1. The van der Waals surface area contributed by atoms with E-state index in [1.54, 1.807) is 24.3 Å². The van der Waals surface area contributed by atoms with Crippen molar-refractivity contribution in [3.05, 3.63) is 82.9 Å². The van der Waals surface area contributed by atoms with E-state index < -0.39 is 49.8 Å². The number of methoxy groups -OCH3 is 6. The Morgan fingerprint density at radius 3 is 1.14 bits per heavy atom. The van der Waals surface area contributed by atoms with Crippen molar-refractivity contribution in [1.29, 1.82) is 0 Å². The van der Waals surface area contributed by atoms with Crippen molar-refractivity contribution in [2.45, 2.75) is 36.6 Å². The lowest BCUT2D eigenvalue weighted by molar-refractivity contribution is -0.00205. The third-order valence-corrected chi connectivity index (χ3v) is 10.6. The van der Waals surface area contributed by atoms with Crippen LogP contribution in [0.25, 0.3) is 0 Å². The normalized spacial score (nSPS) is 20.7. The van der Waals surface area contributed by atoms with Crippen LogP contribution < -0.4 is 37.9 Å². The molecule has 58 heavy (non-hydrogen) atoms. The molecule has 0 saturated carbocycles. The molecule has 2 aliphatic rings. The molecule has 0 aliphatic carbocycles. The largest absolute Gasteiger partial charge is 0.504 e. The SMILES string of the molecule is COc1cc([C@H](O)[C@@H](CO)Oc2c(OC)cc([C@@H]3OC[C@@H]4[C@H]3CO[C@H]4c3cc(OC)c(O[C@H](CO)[C@@H](O)c4ccc(O)c(OC)c4)c(OC)c3)cc2OC)ccc1O. The summed E-state index contributed by atoms with van der Waals surface area (Å²) >= 11 is 0. The fourth-order valence-corrected chi connectivity index (χ4v) is 7.49. The smallest absolute Gasteiger partial charge is 0.204 e. The lowest BCUT2D eigenvalue weighted by Crippen LogP contribution is -2.29. The topological polar surface area (TPSA) is 214 Å². The zero-order valence-corrected chi connectivity index (χ0v) is 33.0. The number of hydrogen-bond acceptors (Lipinski definition) is 16. The minimum atomic E-state index is -1.31. The van der Waals surface area contributed by atoms with Crippen molar-refractivity contribution in [2.75, 3.05) is 69.1 Å². The summed E-state index contributed by atoms with van der Waals surface area (Å²) in [7, 11) is 8.65. The quantitative estimate of drug-likeness (QED) is 0.0832. The van der Waals surface area contributed by atoms with Gasteiger partial charge < -0.3 is 78.0 Å². The minimum absolute atomic E-state index is 0.0909.